The molecule has 16 heavy (non-hydrogen) atoms. The van der Waals surface area contributed by atoms with E-state index in [1.807, 2.05) is 0 Å². The zero-order valence-corrected chi connectivity index (χ0v) is 11.4. The number of nitrogens with one attached hydrogen (secondary N) is 2. The van der Waals surface area contributed by atoms with Gasteiger partial charge in [0.25, 0.3) is 0 Å². The molecule has 0 aliphatic heterocycles. The molecule has 0 fully saturated rings. The van der Waals surface area contributed by atoms with Gasteiger partial charge in [-0.2, -0.15) is 0 Å². The summed E-state index contributed by atoms with van der Waals surface area (Å²) in [6.07, 6.45) is 0. The van der Waals surface area contributed by atoms with E-state index >= 15 is 0 Å². The Morgan fingerprint density at radius 2 is 1.88 bits per heavy atom. The van der Waals surface area contributed by atoms with Crippen molar-refractivity contribution in [2.45, 2.75) is 12.2 Å². The smallest absolute Gasteiger partial charge is 0.220 e. The zero-order chi connectivity index (χ0) is 13.0. The molecule has 4 N–H and O–H groups in total. The number of sulfonamides is 2. The van der Waals surface area contributed by atoms with Crippen molar-refractivity contribution in [2.24, 2.45) is 5.73 Å². The van der Waals surface area contributed by atoms with Gasteiger partial charge in [-0.15, -0.1) is 0 Å². The molecule has 0 saturated heterocycles. The number of thiocarbonyl (C=S) groups is 1. The molecule has 0 heterocycles. The molecular weight excluding hydrogens is 274 g/mol. The summed E-state index contributed by atoms with van der Waals surface area (Å²) in [4.78, 5) is -0.163. The van der Waals surface area contributed by atoms with Gasteiger partial charge in [-0.05, 0) is 14.0 Å². The lowest BCUT2D eigenvalue weighted by Crippen LogP contribution is -2.42. The Morgan fingerprint density at radius 3 is 2.25 bits per heavy atom. The van der Waals surface area contributed by atoms with Crippen molar-refractivity contribution < 1.29 is 16.8 Å². The van der Waals surface area contributed by atoms with Crippen LogP contribution in [0, 0.1) is 0 Å². The zero-order valence-electron chi connectivity index (χ0n) is 8.93. The molecule has 7 nitrogen and oxygen atoms in total. The van der Waals surface area contributed by atoms with E-state index in [1.165, 1.54) is 14.0 Å². The first-order valence-electron chi connectivity index (χ1n) is 4.31. The van der Waals surface area contributed by atoms with E-state index in [9.17, 15) is 16.8 Å². The molecule has 1 atom stereocenters. The Kier molecular flexibility index (Phi) is 5.76. The second-order valence-corrected chi connectivity index (χ2v) is 7.61. The SMILES string of the molecule is CNS(=O)(=O)CCNS(=O)(=O)C(C)C(N)=S. The maximum absolute atomic E-state index is 11.5. The fraction of sp³-hybridized carbons (Fsp3) is 0.833. The van der Waals surface area contributed by atoms with Crippen molar-refractivity contribution in [2.75, 3.05) is 19.3 Å². The molecule has 0 saturated carbocycles. The van der Waals surface area contributed by atoms with Crippen molar-refractivity contribution in [3.8, 4) is 0 Å². The molecule has 0 aliphatic rings. The third-order valence-electron chi connectivity index (χ3n) is 1.85. The second kappa shape index (κ2) is 5.87. The fourth-order valence-electron chi connectivity index (χ4n) is 0.698. The number of hydrogen-bond donors (Lipinski definition) is 3. The molecule has 0 rings (SSSR count). The van der Waals surface area contributed by atoms with Gasteiger partial charge in [-0.25, -0.2) is 26.3 Å². The summed E-state index contributed by atoms with van der Waals surface area (Å²) in [7, 11) is -5.88. The maximum Gasteiger partial charge on any atom is 0.220 e. The van der Waals surface area contributed by atoms with Gasteiger partial charge < -0.3 is 5.73 Å². The molecule has 0 radical (unpaired) electrons. The molecule has 0 amide bonds. The van der Waals surface area contributed by atoms with Crippen LogP contribution in [-0.4, -0.2) is 46.4 Å². The summed E-state index contributed by atoms with van der Waals surface area (Å²) in [5, 5.41) is -1.03. The monoisotopic (exact) mass is 289 g/mol. The molecule has 0 aliphatic carbocycles. The van der Waals surface area contributed by atoms with Crippen molar-refractivity contribution in [1.29, 1.82) is 0 Å². The van der Waals surface area contributed by atoms with Crippen LogP contribution in [0.25, 0.3) is 0 Å². The Bertz CT molecular complexity index is 442. The summed E-state index contributed by atoms with van der Waals surface area (Å²) in [5.74, 6) is -0.340. The average Bonchev–Trinajstić information content (AvgIpc) is 2.15. The Labute approximate surface area is 101 Å². The molecule has 0 bridgehead atoms. The van der Waals surface area contributed by atoms with Crippen LogP contribution in [0.3, 0.4) is 0 Å². The normalized spacial score (nSPS) is 14.6. The predicted molar refractivity (Wildman–Crippen MR) is 66.0 cm³/mol. The standard InChI is InChI=1S/C6H15N3O4S3/c1-5(6(7)14)16(12,13)9-3-4-15(10,11)8-2/h5,8-9H,3-4H2,1-2H3,(H2,7,14). The van der Waals surface area contributed by atoms with Crippen LogP contribution in [0.4, 0.5) is 0 Å². The highest BCUT2D eigenvalue weighted by Gasteiger charge is 2.23. The van der Waals surface area contributed by atoms with Gasteiger partial charge in [0.1, 0.15) is 5.25 Å². The third kappa shape index (κ3) is 5.16. The summed E-state index contributed by atoms with van der Waals surface area (Å²) in [6, 6.07) is 0. The van der Waals surface area contributed by atoms with Gasteiger partial charge in [-0.1, -0.05) is 12.2 Å². The summed E-state index contributed by atoms with van der Waals surface area (Å²) < 4.78 is 49.1. The van der Waals surface area contributed by atoms with Crippen LogP contribution in [0.15, 0.2) is 0 Å². The van der Waals surface area contributed by atoms with E-state index in [0.29, 0.717) is 0 Å². The quantitative estimate of drug-likeness (QED) is 0.473. The topological polar surface area (TPSA) is 118 Å². The summed E-state index contributed by atoms with van der Waals surface area (Å²) in [6.45, 7) is 1.11. The molecular formula is C6H15N3O4S3. The molecule has 0 spiro atoms. The molecule has 1 unspecified atom stereocenters. The minimum Gasteiger partial charge on any atom is -0.392 e. The van der Waals surface area contributed by atoms with Crippen LogP contribution >= 0.6 is 12.2 Å². The first-order valence-corrected chi connectivity index (χ1v) is 7.92. The first-order chi connectivity index (χ1) is 7.12. The predicted octanol–water partition coefficient (Wildman–Crippen LogP) is -1.87. The molecule has 10 heteroatoms. The van der Waals surface area contributed by atoms with Crippen molar-refractivity contribution in [1.82, 2.24) is 9.44 Å². The number of nitrogens with two attached hydrogens (primary N) is 1. The van der Waals surface area contributed by atoms with Gasteiger partial charge in [0.05, 0.1) is 10.7 Å². The third-order valence-corrected chi connectivity index (χ3v) is 5.51. The highest BCUT2D eigenvalue weighted by atomic mass is 32.2. The van der Waals surface area contributed by atoms with Gasteiger partial charge in [0.15, 0.2) is 0 Å². The van der Waals surface area contributed by atoms with E-state index in [2.05, 4.69) is 21.7 Å². The van der Waals surface area contributed by atoms with Gasteiger partial charge in [0, 0.05) is 6.54 Å². The first kappa shape index (κ1) is 15.7. The summed E-state index contributed by atoms with van der Waals surface area (Å²) >= 11 is 4.54. The van der Waals surface area contributed by atoms with Gasteiger partial charge >= 0.3 is 0 Å². The van der Waals surface area contributed by atoms with Crippen LogP contribution in [-0.2, 0) is 20.0 Å². The lowest BCUT2D eigenvalue weighted by atomic mass is 10.5. The summed E-state index contributed by atoms with van der Waals surface area (Å²) in [5.41, 5.74) is 5.19. The van der Waals surface area contributed by atoms with Gasteiger partial charge in [-0.3, -0.25) is 0 Å². The van der Waals surface area contributed by atoms with Crippen LogP contribution in [0.5, 0.6) is 0 Å². The lowest BCUT2D eigenvalue weighted by Gasteiger charge is -2.12. The molecule has 96 valence electrons. The lowest BCUT2D eigenvalue weighted by molar-refractivity contribution is 0.576. The largest absolute Gasteiger partial charge is 0.392 e. The Hall–Kier alpha value is -0.290. The highest BCUT2D eigenvalue weighted by Crippen LogP contribution is 1.98. The Morgan fingerprint density at radius 1 is 1.38 bits per heavy atom. The minimum absolute atomic E-state index is 0.163. The molecule has 0 aromatic heterocycles. The van der Waals surface area contributed by atoms with Crippen LogP contribution < -0.4 is 15.2 Å². The van der Waals surface area contributed by atoms with Crippen LogP contribution in [0.1, 0.15) is 6.92 Å². The second-order valence-electron chi connectivity index (χ2n) is 3.01. The van der Waals surface area contributed by atoms with Crippen molar-refractivity contribution in [3.63, 3.8) is 0 Å². The minimum atomic E-state index is -3.70. The highest BCUT2D eigenvalue weighted by molar-refractivity contribution is 7.93. The van der Waals surface area contributed by atoms with E-state index in [4.69, 9.17) is 5.73 Å². The van der Waals surface area contributed by atoms with E-state index < -0.39 is 25.3 Å². The average molecular weight is 289 g/mol. The molecule has 0 aromatic carbocycles. The van der Waals surface area contributed by atoms with E-state index in [0.717, 1.165) is 0 Å². The van der Waals surface area contributed by atoms with Gasteiger partial charge in [0.2, 0.25) is 20.0 Å². The van der Waals surface area contributed by atoms with E-state index in [-0.39, 0.29) is 17.3 Å². The van der Waals surface area contributed by atoms with Crippen LogP contribution in [0.2, 0.25) is 0 Å². The number of hydrogen-bond acceptors (Lipinski definition) is 5. The van der Waals surface area contributed by atoms with E-state index in [1.54, 1.807) is 0 Å². The fourth-order valence-corrected chi connectivity index (χ4v) is 2.72. The number of rotatable bonds is 7. The van der Waals surface area contributed by atoms with Crippen molar-refractivity contribution >= 4 is 37.3 Å². The molecule has 0 aromatic rings. The van der Waals surface area contributed by atoms with Crippen molar-refractivity contribution in [3.05, 3.63) is 0 Å². The maximum atomic E-state index is 11.5. The Balaban J connectivity index is 4.38.